The minimum Gasteiger partial charge on any atom is -0.481 e. The molecular formula is C14H18FN5O2. The molecule has 0 bridgehead atoms. The summed E-state index contributed by atoms with van der Waals surface area (Å²) in [5.74, 6) is 0.194. The predicted octanol–water partition coefficient (Wildman–Crippen LogP) is 1.37. The van der Waals surface area contributed by atoms with E-state index in [2.05, 4.69) is 15.1 Å². The normalized spacial score (nSPS) is 21.7. The zero-order chi connectivity index (χ0) is 16.0. The van der Waals surface area contributed by atoms with Crippen LogP contribution in [0.1, 0.15) is 24.4 Å². The first-order valence-corrected chi connectivity index (χ1v) is 7.17. The number of aromatic nitrogens is 4. The molecule has 1 aliphatic rings. The largest absolute Gasteiger partial charge is 0.481 e. The van der Waals surface area contributed by atoms with Gasteiger partial charge in [-0.2, -0.15) is 5.10 Å². The van der Waals surface area contributed by atoms with E-state index in [0.29, 0.717) is 17.2 Å². The van der Waals surface area contributed by atoms with Crippen LogP contribution in [0.15, 0.2) is 0 Å². The molecule has 0 aliphatic carbocycles. The molecule has 1 aliphatic heterocycles. The highest BCUT2D eigenvalue weighted by atomic mass is 19.1. The van der Waals surface area contributed by atoms with Crippen molar-refractivity contribution in [3.05, 3.63) is 11.5 Å². The number of halogens is 1. The van der Waals surface area contributed by atoms with Crippen LogP contribution in [0, 0.1) is 13.8 Å². The number of fused-ring (bicyclic) bond motifs is 1. The fraction of sp³-hybridized carbons (Fsp3) is 0.571. The van der Waals surface area contributed by atoms with E-state index in [4.69, 9.17) is 5.11 Å². The Bertz CT molecular complexity index is 744. The Morgan fingerprint density at radius 3 is 2.82 bits per heavy atom. The quantitative estimate of drug-likeness (QED) is 0.922. The van der Waals surface area contributed by atoms with Crippen molar-refractivity contribution < 1.29 is 14.3 Å². The molecule has 1 fully saturated rings. The molecule has 0 unspecified atom stereocenters. The molecule has 118 valence electrons. The van der Waals surface area contributed by atoms with Gasteiger partial charge in [0.15, 0.2) is 5.82 Å². The van der Waals surface area contributed by atoms with Crippen LogP contribution in [0.4, 0.5) is 10.2 Å². The third-order valence-corrected chi connectivity index (χ3v) is 3.99. The molecule has 2 aromatic heterocycles. The predicted molar refractivity (Wildman–Crippen MR) is 78.7 cm³/mol. The molecular weight excluding hydrogens is 289 g/mol. The maximum absolute atomic E-state index is 13.9. The van der Waals surface area contributed by atoms with Crippen molar-refractivity contribution in [3.63, 3.8) is 0 Å². The summed E-state index contributed by atoms with van der Waals surface area (Å²) >= 11 is 0. The fourth-order valence-corrected chi connectivity index (χ4v) is 3.14. The van der Waals surface area contributed by atoms with Crippen molar-refractivity contribution in [1.29, 1.82) is 0 Å². The molecule has 0 radical (unpaired) electrons. The van der Waals surface area contributed by atoms with Crippen LogP contribution in [0.2, 0.25) is 0 Å². The summed E-state index contributed by atoms with van der Waals surface area (Å²) in [7, 11) is 1.78. The van der Waals surface area contributed by atoms with Gasteiger partial charge < -0.3 is 10.0 Å². The Morgan fingerprint density at radius 1 is 1.41 bits per heavy atom. The molecule has 3 rings (SSSR count). The van der Waals surface area contributed by atoms with Crippen molar-refractivity contribution in [2.75, 3.05) is 11.4 Å². The van der Waals surface area contributed by atoms with Crippen molar-refractivity contribution in [2.45, 2.75) is 38.9 Å². The Balaban J connectivity index is 2.14. The molecule has 0 spiro atoms. The van der Waals surface area contributed by atoms with Gasteiger partial charge in [0.2, 0.25) is 0 Å². The van der Waals surface area contributed by atoms with Crippen molar-refractivity contribution >= 4 is 22.8 Å². The van der Waals surface area contributed by atoms with E-state index < -0.39 is 18.2 Å². The highest BCUT2D eigenvalue weighted by Crippen LogP contribution is 2.33. The second-order valence-corrected chi connectivity index (χ2v) is 5.74. The summed E-state index contributed by atoms with van der Waals surface area (Å²) in [6, 6.07) is -0.403. The highest BCUT2D eigenvalue weighted by molar-refractivity contribution is 5.88. The molecule has 0 saturated carbocycles. The Morgan fingerprint density at radius 2 is 2.14 bits per heavy atom. The average Bonchev–Trinajstić information content (AvgIpc) is 2.89. The number of hydrogen-bond acceptors (Lipinski definition) is 5. The number of aryl methyl sites for hydroxylation is 3. The van der Waals surface area contributed by atoms with E-state index in [0.717, 1.165) is 11.2 Å². The fourth-order valence-electron chi connectivity index (χ4n) is 3.14. The van der Waals surface area contributed by atoms with Crippen molar-refractivity contribution in [1.82, 2.24) is 19.7 Å². The van der Waals surface area contributed by atoms with Crippen LogP contribution < -0.4 is 4.90 Å². The number of nitrogens with zero attached hydrogens (tertiary/aromatic N) is 5. The summed E-state index contributed by atoms with van der Waals surface area (Å²) in [6.45, 7) is 3.77. The Kier molecular flexibility index (Phi) is 3.46. The van der Waals surface area contributed by atoms with Gasteiger partial charge in [-0.05, 0) is 13.8 Å². The van der Waals surface area contributed by atoms with Gasteiger partial charge in [-0.3, -0.25) is 9.48 Å². The molecule has 1 saturated heterocycles. The minimum atomic E-state index is -1.05. The van der Waals surface area contributed by atoms with E-state index >= 15 is 0 Å². The van der Waals surface area contributed by atoms with Crippen LogP contribution in [0.3, 0.4) is 0 Å². The minimum absolute atomic E-state index is 0.109. The van der Waals surface area contributed by atoms with Gasteiger partial charge in [0, 0.05) is 19.5 Å². The lowest BCUT2D eigenvalue weighted by Gasteiger charge is -2.25. The summed E-state index contributed by atoms with van der Waals surface area (Å²) in [6.07, 6.45) is -0.959. The number of hydrogen-bond donors (Lipinski definition) is 1. The number of carboxylic acid groups (broad SMARTS) is 1. The number of rotatable bonds is 3. The summed E-state index contributed by atoms with van der Waals surface area (Å²) in [5.41, 5.74) is 2.21. The van der Waals surface area contributed by atoms with Crippen LogP contribution in [0.25, 0.3) is 11.0 Å². The molecule has 3 heterocycles. The Hall–Kier alpha value is -2.25. The number of aliphatic carboxylic acids is 1. The number of carboxylic acids is 1. The van der Waals surface area contributed by atoms with E-state index in [1.54, 1.807) is 23.6 Å². The van der Waals surface area contributed by atoms with Crippen molar-refractivity contribution in [2.24, 2.45) is 7.05 Å². The molecule has 7 nitrogen and oxygen atoms in total. The van der Waals surface area contributed by atoms with Gasteiger partial charge in [-0.15, -0.1) is 0 Å². The third kappa shape index (κ3) is 2.38. The smallest absolute Gasteiger partial charge is 0.305 e. The zero-order valence-corrected chi connectivity index (χ0v) is 12.7. The van der Waals surface area contributed by atoms with E-state index in [1.165, 1.54) is 0 Å². The lowest BCUT2D eigenvalue weighted by atomic mass is 10.1. The van der Waals surface area contributed by atoms with Crippen LogP contribution in [-0.2, 0) is 11.8 Å². The first-order chi connectivity index (χ1) is 10.4. The SMILES string of the molecule is Cc1nc(N2C[C@@H](F)C[C@H]2CC(=O)O)c2c(n1)c(C)nn2C. The summed E-state index contributed by atoms with van der Waals surface area (Å²) < 4.78 is 15.5. The lowest BCUT2D eigenvalue weighted by molar-refractivity contribution is -0.137. The number of anilines is 1. The molecule has 22 heavy (non-hydrogen) atoms. The average molecular weight is 307 g/mol. The van der Waals surface area contributed by atoms with Gasteiger partial charge in [-0.25, -0.2) is 14.4 Å². The van der Waals surface area contributed by atoms with Gasteiger partial charge >= 0.3 is 5.97 Å². The summed E-state index contributed by atoms with van der Waals surface area (Å²) in [4.78, 5) is 21.6. The van der Waals surface area contributed by atoms with E-state index in [9.17, 15) is 9.18 Å². The van der Waals surface area contributed by atoms with E-state index in [-0.39, 0.29) is 19.4 Å². The number of alkyl halides is 1. The van der Waals surface area contributed by atoms with Crippen LogP contribution in [0.5, 0.6) is 0 Å². The standard InChI is InChI=1S/C14H18FN5O2/c1-7-12-13(19(3)18-7)14(17-8(2)16-12)20-6-9(15)4-10(20)5-11(21)22/h9-10H,4-6H2,1-3H3,(H,21,22)/t9-,10-/m0/s1. The molecule has 0 amide bonds. The van der Waals surface area contributed by atoms with Crippen LogP contribution in [-0.4, -0.2) is 49.6 Å². The zero-order valence-electron chi connectivity index (χ0n) is 12.7. The molecule has 1 N–H and O–H groups in total. The highest BCUT2D eigenvalue weighted by Gasteiger charge is 2.36. The maximum Gasteiger partial charge on any atom is 0.305 e. The first kappa shape index (κ1) is 14.7. The number of carbonyl (C=O) groups is 1. The van der Waals surface area contributed by atoms with Crippen LogP contribution >= 0.6 is 0 Å². The second kappa shape index (κ2) is 5.19. The summed E-state index contributed by atoms with van der Waals surface area (Å²) in [5, 5.41) is 13.4. The van der Waals surface area contributed by atoms with Crippen molar-refractivity contribution in [3.8, 4) is 0 Å². The lowest BCUT2D eigenvalue weighted by Crippen LogP contribution is -2.32. The Labute approximate surface area is 126 Å². The first-order valence-electron chi connectivity index (χ1n) is 7.17. The second-order valence-electron chi connectivity index (χ2n) is 5.74. The molecule has 0 aromatic carbocycles. The van der Waals surface area contributed by atoms with Gasteiger partial charge in [0.05, 0.1) is 18.7 Å². The van der Waals surface area contributed by atoms with E-state index in [1.807, 2.05) is 6.92 Å². The monoisotopic (exact) mass is 307 g/mol. The maximum atomic E-state index is 13.9. The van der Waals surface area contributed by atoms with Gasteiger partial charge in [-0.1, -0.05) is 0 Å². The van der Waals surface area contributed by atoms with Gasteiger partial charge in [0.1, 0.15) is 23.0 Å². The third-order valence-electron chi connectivity index (χ3n) is 3.99. The molecule has 2 aromatic rings. The molecule has 8 heteroatoms. The topological polar surface area (TPSA) is 84.1 Å². The molecule has 2 atom stereocenters. The van der Waals surface area contributed by atoms with Gasteiger partial charge in [0.25, 0.3) is 0 Å².